The van der Waals surface area contributed by atoms with Crippen LogP contribution >= 0.6 is 0 Å². The predicted molar refractivity (Wildman–Crippen MR) is 75.5 cm³/mol. The van der Waals surface area contributed by atoms with Crippen LogP contribution in [0.2, 0.25) is 0 Å². The Hall–Kier alpha value is -1.31. The fourth-order valence-corrected chi connectivity index (χ4v) is 2.20. The monoisotopic (exact) mass is 248 g/mol. The van der Waals surface area contributed by atoms with Crippen LogP contribution in [0.15, 0.2) is 12.1 Å². The standard InChI is InChI=1S/C16H24O2/c1-10-8-11(15(2,3)4)13(14(17)18)12(9-10)16(5,6)7/h8-9H,1-7H3,(H,17,18). The minimum atomic E-state index is -0.829. The van der Waals surface area contributed by atoms with Crippen LogP contribution in [0, 0.1) is 6.92 Å². The van der Waals surface area contributed by atoms with Crippen molar-refractivity contribution >= 4 is 5.97 Å². The molecular weight excluding hydrogens is 224 g/mol. The predicted octanol–water partition coefficient (Wildman–Crippen LogP) is 4.29. The molecule has 0 bridgehead atoms. The smallest absolute Gasteiger partial charge is 0.336 e. The Morgan fingerprint density at radius 3 is 1.50 bits per heavy atom. The first-order chi connectivity index (χ1) is 7.94. The molecular formula is C16H24O2. The average Bonchev–Trinajstić information content (AvgIpc) is 2.12. The Balaban J connectivity index is 3.74. The molecule has 0 atom stereocenters. The van der Waals surface area contributed by atoms with E-state index >= 15 is 0 Å². The zero-order chi connectivity index (χ0) is 14.3. The Labute approximate surface area is 110 Å². The zero-order valence-corrected chi connectivity index (χ0v) is 12.5. The lowest BCUT2D eigenvalue weighted by atomic mass is 9.75. The highest BCUT2D eigenvalue weighted by atomic mass is 16.4. The summed E-state index contributed by atoms with van der Waals surface area (Å²) in [5, 5.41) is 9.56. The van der Waals surface area contributed by atoms with Crippen molar-refractivity contribution in [2.75, 3.05) is 0 Å². The van der Waals surface area contributed by atoms with Crippen molar-refractivity contribution in [2.24, 2.45) is 0 Å². The number of hydrogen-bond donors (Lipinski definition) is 1. The lowest BCUT2D eigenvalue weighted by molar-refractivity contribution is 0.0691. The van der Waals surface area contributed by atoms with Crippen LogP contribution in [0.1, 0.15) is 68.6 Å². The Morgan fingerprint density at radius 1 is 0.944 bits per heavy atom. The molecule has 0 heterocycles. The molecule has 1 aromatic carbocycles. The van der Waals surface area contributed by atoms with Gasteiger partial charge in [-0.15, -0.1) is 0 Å². The highest BCUT2D eigenvalue weighted by Gasteiger charge is 2.29. The van der Waals surface area contributed by atoms with Gasteiger partial charge in [0.15, 0.2) is 0 Å². The molecule has 1 N–H and O–H groups in total. The lowest BCUT2D eigenvalue weighted by Gasteiger charge is -2.29. The van der Waals surface area contributed by atoms with Crippen molar-refractivity contribution in [3.8, 4) is 0 Å². The van der Waals surface area contributed by atoms with Crippen LogP contribution in [-0.2, 0) is 10.8 Å². The molecule has 0 spiro atoms. The molecule has 0 saturated heterocycles. The molecule has 0 aromatic heterocycles. The van der Waals surface area contributed by atoms with Crippen molar-refractivity contribution in [1.29, 1.82) is 0 Å². The molecule has 0 aliphatic carbocycles. The van der Waals surface area contributed by atoms with Gasteiger partial charge in [-0.25, -0.2) is 4.79 Å². The number of aryl methyl sites for hydroxylation is 1. The second kappa shape index (κ2) is 4.42. The van der Waals surface area contributed by atoms with E-state index in [1.807, 2.05) is 19.1 Å². The molecule has 0 radical (unpaired) electrons. The SMILES string of the molecule is Cc1cc(C(C)(C)C)c(C(=O)O)c(C(C)(C)C)c1. The first kappa shape index (κ1) is 14.7. The van der Waals surface area contributed by atoms with Crippen molar-refractivity contribution in [3.63, 3.8) is 0 Å². The number of benzene rings is 1. The van der Waals surface area contributed by atoms with E-state index in [0.29, 0.717) is 5.56 Å². The van der Waals surface area contributed by atoms with Gasteiger partial charge in [-0.3, -0.25) is 0 Å². The fourth-order valence-electron chi connectivity index (χ4n) is 2.20. The summed E-state index contributed by atoms with van der Waals surface area (Å²) < 4.78 is 0. The van der Waals surface area contributed by atoms with Gasteiger partial charge in [0.1, 0.15) is 0 Å². The summed E-state index contributed by atoms with van der Waals surface area (Å²) in [6, 6.07) is 4.00. The van der Waals surface area contributed by atoms with Crippen LogP contribution in [-0.4, -0.2) is 11.1 Å². The average molecular weight is 248 g/mol. The van der Waals surface area contributed by atoms with Gasteiger partial charge < -0.3 is 5.11 Å². The molecule has 18 heavy (non-hydrogen) atoms. The number of rotatable bonds is 1. The summed E-state index contributed by atoms with van der Waals surface area (Å²) in [6.45, 7) is 14.4. The van der Waals surface area contributed by atoms with Crippen molar-refractivity contribution in [2.45, 2.75) is 59.3 Å². The van der Waals surface area contributed by atoms with Crippen LogP contribution in [0.5, 0.6) is 0 Å². The van der Waals surface area contributed by atoms with Gasteiger partial charge in [0.2, 0.25) is 0 Å². The van der Waals surface area contributed by atoms with Crippen molar-refractivity contribution in [1.82, 2.24) is 0 Å². The second-order valence-electron chi connectivity index (χ2n) is 7.04. The highest BCUT2D eigenvalue weighted by Crippen LogP contribution is 2.35. The number of carboxylic acid groups (broad SMARTS) is 1. The van der Waals surface area contributed by atoms with E-state index in [4.69, 9.17) is 0 Å². The molecule has 2 nitrogen and oxygen atoms in total. The van der Waals surface area contributed by atoms with Crippen molar-refractivity contribution in [3.05, 3.63) is 34.4 Å². The molecule has 0 unspecified atom stereocenters. The van der Waals surface area contributed by atoms with Gasteiger partial charge in [-0.05, 0) is 28.9 Å². The topological polar surface area (TPSA) is 37.3 Å². The molecule has 0 aliphatic rings. The van der Waals surface area contributed by atoms with Crippen molar-refractivity contribution < 1.29 is 9.90 Å². The van der Waals surface area contributed by atoms with Crippen LogP contribution in [0.4, 0.5) is 0 Å². The molecule has 1 aromatic rings. The number of carboxylic acids is 1. The molecule has 2 heteroatoms. The minimum absolute atomic E-state index is 0.167. The van der Waals surface area contributed by atoms with Gasteiger partial charge in [0.25, 0.3) is 0 Å². The normalized spacial score (nSPS) is 12.6. The summed E-state index contributed by atoms with van der Waals surface area (Å²) in [4.78, 5) is 11.6. The molecule has 0 saturated carbocycles. The quantitative estimate of drug-likeness (QED) is 0.805. The third kappa shape index (κ3) is 2.92. The van der Waals surface area contributed by atoms with E-state index < -0.39 is 5.97 Å². The van der Waals surface area contributed by atoms with E-state index in [-0.39, 0.29) is 10.8 Å². The summed E-state index contributed by atoms with van der Waals surface area (Å²) >= 11 is 0. The molecule has 0 fully saturated rings. The van der Waals surface area contributed by atoms with Crippen LogP contribution in [0.3, 0.4) is 0 Å². The minimum Gasteiger partial charge on any atom is -0.478 e. The van der Waals surface area contributed by atoms with Gasteiger partial charge in [0.05, 0.1) is 5.56 Å². The maximum atomic E-state index is 11.6. The maximum Gasteiger partial charge on any atom is 0.336 e. The van der Waals surface area contributed by atoms with Gasteiger partial charge in [-0.2, -0.15) is 0 Å². The first-order valence-corrected chi connectivity index (χ1v) is 6.33. The first-order valence-electron chi connectivity index (χ1n) is 6.33. The van der Waals surface area contributed by atoms with Crippen LogP contribution in [0.25, 0.3) is 0 Å². The second-order valence-corrected chi connectivity index (χ2v) is 7.04. The number of aromatic carboxylic acids is 1. The summed E-state index contributed by atoms with van der Waals surface area (Å²) in [7, 11) is 0. The molecule has 0 amide bonds. The van der Waals surface area contributed by atoms with E-state index in [2.05, 4.69) is 41.5 Å². The zero-order valence-electron chi connectivity index (χ0n) is 12.5. The number of carbonyl (C=O) groups is 1. The van der Waals surface area contributed by atoms with E-state index in [1.54, 1.807) is 0 Å². The van der Waals surface area contributed by atoms with Gasteiger partial charge >= 0.3 is 5.97 Å². The lowest BCUT2D eigenvalue weighted by Crippen LogP contribution is -2.24. The van der Waals surface area contributed by atoms with Crippen LogP contribution < -0.4 is 0 Å². The third-order valence-electron chi connectivity index (χ3n) is 3.11. The largest absolute Gasteiger partial charge is 0.478 e. The summed E-state index contributed by atoms with van der Waals surface area (Å²) in [5.41, 5.74) is 3.09. The molecule has 1 rings (SSSR count). The Kier molecular flexibility index (Phi) is 3.62. The van der Waals surface area contributed by atoms with Gasteiger partial charge in [0, 0.05) is 0 Å². The Morgan fingerprint density at radius 2 is 1.28 bits per heavy atom. The Bertz CT molecular complexity index is 436. The fraction of sp³-hybridized carbons (Fsp3) is 0.562. The summed E-state index contributed by atoms with van der Waals surface area (Å²) in [5.74, 6) is -0.829. The van der Waals surface area contributed by atoms with E-state index in [9.17, 15) is 9.90 Å². The highest BCUT2D eigenvalue weighted by molar-refractivity contribution is 5.92. The third-order valence-corrected chi connectivity index (χ3v) is 3.11. The molecule has 100 valence electrons. The van der Waals surface area contributed by atoms with Gasteiger partial charge in [-0.1, -0.05) is 59.2 Å². The summed E-state index contributed by atoms with van der Waals surface area (Å²) in [6.07, 6.45) is 0. The molecule has 0 aliphatic heterocycles. The maximum absolute atomic E-state index is 11.6. The van der Waals surface area contributed by atoms with E-state index in [0.717, 1.165) is 16.7 Å². The van der Waals surface area contributed by atoms with E-state index in [1.165, 1.54) is 0 Å². The number of hydrogen-bond acceptors (Lipinski definition) is 1.